The zero-order chi connectivity index (χ0) is 24.2. The summed E-state index contributed by atoms with van der Waals surface area (Å²) in [5.74, 6) is -0.593. The highest BCUT2D eigenvalue weighted by Crippen LogP contribution is 2.34. The molecule has 3 rings (SSSR count). The normalized spacial score (nSPS) is 11.7. The van der Waals surface area contributed by atoms with Crippen LogP contribution < -0.4 is 10.6 Å². The summed E-state index contributed by atoms with van der Waals surface area (Å²) >= 11 is 1.32. The van der Waals surface area contributed by atoms with E-state index < -0.39 is 29.3 Å². The topological polar surface area (TPSA) is 93.2 Å². The summed E-state index contributed by atoms with van der Waals surface area (Å²) in [5.41, 5.74) is -0.778. The van der Waals surface area contributed by atoms with Gasteiger partial charge in [0.2, 0.25) is 5.91 Å². The summed E-state index contributed by atoms with van der Waals surface area (Å²) in [6.07, 6.45) is -2.39. The highest BCUT2D eigenvalue weighted by Gasteiger charge is 2.31. The van der Waals surface area contributed by atoms with Gasteiger partial charge in [0.25, 0.3) is 0 Å². The van der Waals surface area contributed by atoms with Crippen molar-refractivity contribution in [1.29, 1.82) is 0 Å². The van der Waals surface area contributed by atoms with Crippen LogP contribution in [0, 0.1) is 0 Å². The fraction of sp³-hybridized carbons (Fsp3) is 0.273. The van der Waals surface area contributed by atoms with Gasteiger partial charge in [0.05, 0.1) is 29.1 Å². The Bertz CT molecular complexity index is 1140. The molecule has 0 radical (unpaired) electrons. The average Bonchev–Trinajstić information content (AvgIpc) is 3.16. The van der Waals surface area contributed by atoms with Crippen LogP contribution in [0.4, 0.5) is 29.3 Å². The fourth-order valence-corrected chi connectivity index (χ4v) is 3.53. The van der Waals surface area contributed by atoms with Gasteiger partial charge in [0, 0.05) is 23.3 Å². The molecule has 0 unspecified atom stereocenters. The number of rotatable bonds is 5. The van der Waals surface area contributed by atoms with Crippen LogP contribution in [0.5, 0.6) is 0 Å². The molecule has 0 bridgehead atoms. The molecule has 0 saturated carbocycles. The number of amides is 2. The van der Waals surface area contributed by atoms with E-state index in [2.05, 4.69) is 20.6 Å². The van der Waals surface area contributed by atoms with Crippen molar-refractivity contribution in [2.24, 2.45) is 0 Å². The lowest BCUT2D eigenvalue weighted by molar-refractivity contribution is -0.137. The summed E-state index contributed by atoms with van der Waals surface area (Å²) < 4.78 is 44.7. The molecule has 0 aliphatic carbocycles. The molecule has 174 valence electrons. The maximum Gasteiger partial charge on any atom is 0.416 e. The first-order valence-electron chi connectivity index (χ1n) is 9.76. The minimum atomic E-state index is -4.63. The number of alkyl halides is 3. The van der Waals surface area contributed by atoms with E-state index in [1.54, 1.807) is 44.6 Å². The van der Waals surface area contributed by atoms with E-state index >= 15 is 0 Å². The molecule has 11 heteroatoms. The van der Waals surface area contributed by atoms with Crippen LogP contribution >= 0.6 is 11.3 Å². The van der Waals surface area contributed by atoms with E-state index in [4.69, 9.17) is 4.74 Å². The van der Waals surface area contributed by atoms with E-state index in [9.17, 15) is 22.8 Å². The Morgan fingerprint density at radius 2 is 1.85 bits per heavy atom. The number of benzene rings is 1. The second kappa shape index (κ2) is 9.57. The van der Waals surface area contributed by atoms with Crippen LogP contribution in [0.3, 0.4) is 0 Å². The Morgan fingerprint density at radius 3 is 2.48 bits per heavy atom. The molecular weight excluding hydrogens is 457 g/mol. The minimum Gasteiger partial charge on any atom is -0.444 e. The summed E-state index contributed by atoms with van der Waals surface area (Å²) in [5, 5.41) is 7.16. The number of nitrogens with zero attached hydrogens (tertiary/aromatic N) is 2. The number of ether oxygens (including phenoxy) is 1. The average molecular weight is 478 g/mol. The van der Waals surface area contributed by atoms with Crippen LogP contribution in [-0.2, 0) is 22.1 Å². The van der Waals surface area contributed by atoms with Gasteiger partial charge in [-0.05, 0) is 51.1 Å². The van der Waals surface area contributed by atoms with Gasteiger partial charge < -0.3 is 10.1 Å². The van der Waals surface area contributed by atoms with Crippen LogP contribution in [0.25, 0.3) is 10.6 Å². The van der Waals surface area contributed by atoms with Crippen LogP contribution in [0.15, 0.2) is 48.1 Å². The molecule has 0 saturated heterocycles. The first-order chi connectivity index (χ1) is 15.4. The third-order valence-electron chi connectivity index (χ3n) is 4.06. The van der Waals surface area contributed by atoms with Gasteiger partial charge in [-0.2, -0.15) is 13.2 Å². The van der Waals surface area contributed by atoms with Gasteiger partial charge in [-0.1, -0.05) is 0 Å². The maximum absolute atomic E-state index is 13.2. The maximum atomic E-state index is 13.2. The second-order valence-electron chi connectivity index (χ2n) is 8.00. The first-order valence-corrected chi connectivity index (χ1v) is 10.6. The summed E-state index contributed by atoms with van der Waals surface area (Å²) in [6, 6.07) is 6.21. The zero-order valence-corrected chi connectivity index (χ0v) is 18.8. The smallest absolute Gasteiger partial charge is 0.416 e. The number of nitrogens with one attached hydrogen (secondary N) is 2. The molecule has 3 aromatic rings. The van der Waals surface area contributed by atoms with Crippen molar-refractivity contribution in [3.63, 3.8) is 0 Å². The van der Waals surface area contributed by atoms with E-state index in [0.29, 0.717) is 10.7 Å². The molecule has 0 aliphatic rings. The predicted molar refractivity (Wildman–Crippen MR) is 119 cm³/mol. The molecule has 1 aromatic carbocycles. The van der Waals surface area contributed by atoms with Crippen LogP contribution in [0.1, 0.15) is 32.0 Å². The Kier molecular flexibility index (Phi) is 7.01. The van der Waals surface area contributed by atoms with Gasteiger partial charge in [-0.15, -0.1) is 11.3 Å². The van der Waals surface area contributed by atoms with Gasteiger partial charge in [-0.3, -0.25) is 15.1 Å². The lowest BCUT2D eigenvalue weighted by atomic mass is 10.1. The molecule has 0 atom stereocenters. The monoisotopic (exact) mass is 478 g/mol. The van der Waals surface area contributed by atoms with E-state index in [1.807, 2.05) is 6.07 Å². The third-order valence-corrected chi connectivity index (χ3v) is 5.00. The number of carbonyl (C=O) groups excluding carboxylic acids is 2. The summed E-state index contributed by atoms with van der Waals surface area (Å²) in [7, 11) is 0. The lowest BCUT2D eigenvalue weighted by Gasteiger charge is -2.21. The minimum absolute atomic E-state index is 0.0278. The summed E-state index contributed by atoms with van der Waals surface area (Å²) in [4.78, 5) is 33.1. The van der Waals surface area contributed by atoms with E-state index in [0.717, 1.165) is 23.8 Å². The number of halogens is 3. The zero-order valence-electron chi connectivity index (χ0n) is 18.0. The Balaban J connectivity index is 1.78. The number of aromatic nitrogens is 2. The number of hydrogen-bond acceptors (Lipinski definition) is 6. The first kappa shape index (κ1) is 24.2. The fourth-order valence-electron chi connectivity index (χ4n) is 2.72. The van der Waals surface area contributed by atoms with Crippen molar-refractivity contribution in [3.8, 4) is 10.6 Å². The SMILES string of the molecule is CC(C)(C)OC(=O)Nc1ccc(C(F)(F)F)cc1NC(=O)Cc1csc(-c2cccnc2)n1. The standard InChI is InChI=1S/C22H21F3N4O3S/c1-21(2,3)32-20(31)29-16-7-6-14(22(23,24)25)9-17(16)28-18(30)10-15-12-33-19(27-15)13-5-4-8-26-11-13/h4-9,11-12H,10H2,1-3H3,(H,28,30)(H,29,31). The van der Waals surface area contributed by atoms with Gasteiger partial charge in [0.1, 0.15) is 10.6 Å². The largest absolute Gasteiger partial charge is 0.444 e. The Hall–Kier alpha value is -3.47. The molecule has 2 amide bonds. The van der Waals surface area contributed by atoms with Crippen molar-refractivity contribution in [1.82, 2.24) is 9.97 Å². The number of anilines is 2. The van der Waals surface area contributed by atoms with Crippen LogP contribution in [0.2, 0.25) is 0 Å². The highest BCUT2D eigenvalue weighted by molar-refractivity contribution is 7.13. The molecule has 2 N–H and O–H groups in total. The Labute approximate surface area is 192 Å². The van der Waals surface area contributed by atoms with Gasteiger partial charge in [0.15, 0.2) is 0 Å². The molecule has 7 nitrogen and oxygen atoms in total. The molecular formula is C22H21F3N4O3S. The van der Waals surface area contributed by atoms with Crippen molar-refractivity contribution >= 4 is 34.7 Å². The molecule has 0 aliphatic heterocycles. The van der Waals surface area contributed by atoms with Crippen molar-refractivity contribution in [2.75, 3.05) is 10.6 Å². The highest BCUT2D eigenvalue weighted by atomic mass is 32.1. The van der Waals surface area contributed by atoms with Crippen LogP contribution in [-0.4, -0.2) is 27.6 Å². The second-order valence-corrected chi connectivity index (χ2v) is 8.85. The van der Waals surface area contributed by atoms with Gasteiger partial charge >= 0.3 is 12.3 Å². The summed E-state index contributed by atoms with van der Waals surface area (Å²) in [6.45, 7) is 4.95. The van der Waals surface area contributed by atoms with Crippen molar-refractivity contribution in [2.45, 2.75) is 39.0 Å². The lowest BCUT2D eigenvalue weighted by Crippen LogP contribution is -2.27. The number of hydrogen-bond donors (Lipinski definition) is 2. The van der Waals surface area contributed by atoms with Crippen molar-refractivity contribution in [3.05, 3.63) is 59.4 Å². The predicted octanol–water partition coefficient (Wildman–Crippen LogP) is 5.75. The quantitative estimate of drug-likeness (QED) is 0.487. The third kappa shape index (κ3) is 7.01. The Morgan fingerprint density at radius 1 is 1.09 bits per heavy atom. The van der Waals surface area contributed by atoms with Gasteiger partial charge in [-0.25, -0.2) is 9.78 Å². The van der Waals surface area contributed by atoms with Crippen molar-refractivity contribution < 1.29 is 27.5 Å². The molecule has 2 aromatic heterocycles. The van der Waals surface area contributed by atoms with E-state index in [1.165, 1.54) is 11.3 Å². The number of carbonyl (C=O) groups is 2. The molecule has 33 heavy (non-hydrogen) atoms. The molecule has 0 fully saturated rings. The molecule has 0 spiro atoms. The number of pyridine rings is 1. The van der Waals surface area contributed by atoms with E-state index in [-0.39, 0.29) is 17.8 Å². The molecule has 2 heterocycles. The number of thiazole rings is 1.